The average Bonchev–Trinajstić information content (AvgIpc) is 3.14. The zero-order chi connectivity index (χ0) is 17.7. The highest BCUT2D eigenvalue weighted by atomic mass is 32.1. The smallest absolute Gasteiger partial charge is 0.322 e. The number of aryl methyl sites for hydroxylation is 2. The van der Waals surface area contributed by atoms with Crippen molar-refractivity contribution >= 4 is 39.3 Å². The number of aromatic nitrogens is 2. The van der Waals surface area contributed by atoms with Crippen LogP contribution in [0.2, 0.25) is 0 Å². The summed E-state index contributed by atoms with van der Waals surface area (Å²) in [5, 5.41) is 5.02. The Morgan fingerprint density at radius 3 is 2.73 bits per heavy atom. The molecule has 5 rings (SSSR count). The van der Waals surface area contributed by atoms with Gasteiger partial charge < -0.3 is 5.32 Å². The molecule has 1 saturated carbocycles. The molecule has 2 aromatic rings. The molecule has 1 spiro atoms. The predicted molar refractivity (Wildman–Crippen MR) is 98.9 cm³/mol. The Morgan fingerprint density at radius 1 is 1.08 bits per heavy atom. The van der Waals surface area contributed by atoms with E-state index in [-0.39, 0.29) is 11.9 Å². The Morgan fingerprint density at radius 2 is 1.88 bits per heavy atom. The molecule has 0 aromatic carbocycles. The average molecular weight is 371 g/mol. The Balaban J connectivity index is 1.51. The lowest BCUT2D eigenvalue weighted by molar-refractivity contribution is -0.131. The summed E-state index contributed by atoms with van der Waals surface area (Å²) in [5.41, 5.74) is 3.56. The highest BCUT2D eigenvalue weighted by molar-refractivity contribution is 7.19. The first-order valence-corrected chi connectivity index (χ1v) is 10.2. The van der Waals surface area contributed by atoms with E-state index in [0.717, 1.165) is 53.8 Å². The Kier molecular flexibility index (Phi) is 3.63. The fourth-order valence-corrected chi connectivity index (χ4v) is 5.73. The monoisotopic (exact) mass is 371 g/mol. The number of hydrogen-bond donors (Lipinski definition) is 2. The van der Waals surface area contributed by atoms with E-state index in [9.17, 15) is 9.59 Å². The van der Waals surface area contributed by atoms with E-state index >= 15 is 0 Å². The molecule has 26 heavy (non-hydrogen) atoms. The number of hydrogen-bond acceptors (Lipinski definition) is 6. The van der Waals surface area contributed by atoms with Gasteiger partial charge in [-0.3, -0.25) is 10.2 Å². The zero-order valence-electron chi connectivity index (χ0n) is 14.5. The van der Waals surface area contributed by atoms with Gasteiger partial charge >= 0.3 is 6.03 Å². The minimum atomic E-state index is -0.734. The maximum atomic E-state index is 13.0. The third-order valence-corrected chi connectivity index (χ3v) is 7.04. The summed E-state index contributed by atoms with van der Waals surface area (Å²) in [5.74, 6) is 0.379. The van der Waals surface area contributed by atoms with Crippen LogP contribution in [0.4, 0.5) is 10.6 Å². The summed E-state index contributed by atoms with van der Waals surface area (Å²) in [6.45, 7) is 0. The van der Waals surface area contributed by atoms with Crippen LogP contribution in [-0.2, 0) is 17.6 Å². The Bertz CT molecular complexity index is 902. The van der Waals surface area contributed by atoms with E-state index in [1.165, 1.54) is 23.2 Å². The van der Waals surface area contributed by atoms with E-state index in [2.05, 4.69) is 20.7 Å². The van der Waals surface area contributed by atoms with Crippen LogP contribution in [0.25, 0.3) is 10.2 Å². The van der Waals surface area contributed by atoms with Crippen LogP contribution in [-0.4, -0.2) is 32.5 Å². The predicted octanol–water partition coefficient (Wildman–Crippen LogP) is 3.15. The van der Waals surface area contributed by atoms with Gasteiger partial charge in [-0.1, -0.05) is 19.3 Å². The second-order valence-electron chi connectivity index (χ2n) is 7.44. The summed E-state index contributed by atoms with van der Waals surface area (Å²) >= 11 is 1.70. The Hall–Kier alpha value is -2.22. The summed E-state index contributed by atoms with van der Waals surface area (Å²) in [6.07, 6.45) is 10.4. The zero-order valence-corrected chi connectivity index (χ0v) is 15.3. The van der Waals surface area contributed by atoms with Gasteiger partial charge in [0.1, 0.15) is 16.7 Å². The maximum Gasteiger partial charge on any atom is 0.344 e. The largest absolute Gasteiger partial charge is 0.344 e. The van der Waals surface area contributed by atoms with E-state index in [0.29, 0.717) is 18.7 Å². The number of hydrazine groups is 1. The lowest BCUT2D eigenvalue weighted by Crippen LogP contribution is -2.48. The molecule has 7 nitrogen and oxygen atoms in total. The lowest BCUT2D eigenvalue weighted by Gasteiger charge is -2.30. The molecule has 2 N–H and O–H groups in total. The van der Waals surface area contributed by atoms with Crippen molar-refractivity contribution in [3.63, 3.8) is 0 Å². The molecule has 0 radical (unpaired) electrons. The number of thiophene rings is 1. The molecular weight excluding hydrogens is 350 g/mol. The molecule has 2 aliphatic carbocycles. The van der Waals surface area contributed by atoms with Crippen molar-refractivity contribution in [1.82, 2.24) is 20.3 Å². The van der Waals surface area contributed by atoms with E-state index in [1.54, 1.807) is 11.3 Å². The van der Waals surface area contributed by atoms with Gasteiger partial charge in [-0.05, 0) is 44.1 Å². The summed E-state index contributed by atoms with van der Waals surface area (Å²) in [4.78, 5) is 36.6. The highest BCUT2D eigenvalue weighted by Crippen LogP contribution is 2.39. The minimum Gasteiger partial charge on any atom is -0.322 e. The number of carbonyl (C=O) groups is 2. The fraction of sp³-hybridized carbons (Fsp3) is 0.556. The van der Waals surface area contributed by atoms with Gasteiger partial charge in [-0.2, -0.15) is 5.01 Å². The maximum absolute atomic E-state index is 13.0. The third kappa shape index (κ3) is 2.31. The molecule has 0 atom stereocenters. The van der Waals surface area contributed by atoms with Gasteiger partial charge in [0.2, 0.25) is 0 Å². The molecule has 0 unspecified atom stereocenters. The quantitative estimate of drug-likeness (QED) is 0.792. The van der Waals surface area contributed by atoms with Gasteiger partial charge in [0.05, 0.1) is 5.39 Å². The number of amides is 3. The van der Waals surface area contributed by atoms with Crippen molar-refractivity contribution in [2.75, 3.05) is 5.43 Å². The molecule has 136 valence electrons. The number of nitrogens with one attached hydrogen (secondary N) is 2. The van der Waals surface area contributed by atoms with Crippen LogP contribution in [0.5, 0.6) is 0 Å². The number of rotatable bonds is 2. The van der Waals surface area contributed by atoms with Crippen LogP contribution >= 0.6 is 11.3 Å². The molecule has 3 aliphatic rings. The van der Waals surface area contributed by atoms with Crippen LogP contribution in [0.15, 0.2) is 6.33 Å². The summed E-state index contributed by atoms with van der Waals surface area (Å²) in [7, 11) is 0. The SMILES string of the molecule is O=C1NC2(CCCCC2)C(=O)N1Nc1ncnc2sc3c(c12)CCCC3. The van der Waals surface area contributed by atoms with Crippen LogP contribution in [0.1, 0.15) is 55.4 Å². The van der Waals surface area contributed by atoms with Crippen LogP contribution < -0.4 is 10.7 Å². The molecule has 2 aromatic heterocycles. The van der Waals surface area contributed by atoms with Gasteiger partial charge in [0, 0.05) is 4.88 Å². The molecule has 8 heteroatoms. The molecule has 3 heterocycles. The Labute approximate surface area is 155 Å². The van der Waals surface area contributed by atoms with Gasteiger partial charge in [-0.25, -0.2) is 14.8 Å². The molecule has 3 amide bonds. The van der Waals surface area contributed by atoms with Crippen molar-refractivity contribution in [3.05, 3.63) is 16.8 Å². The van der Waals surface area contributed by atoms with Crippen molar-refractivity contribution in [2.24, 2.45) is 0 Å². The van der Waals surface area contributed by atoms with Crippen molar-refractivity contribution < 1.29 is 9.59 Å². The summed E-state index contributed by atoms with van der Waals surface area (Å²) in [6, 6.07) is -0.382. The number of imide groups is 1. The molecular formula is C18H21N5O2S. The number of anilines is 1. The van der Waals surface area contributed by atoms with E-state index in [1.807, 2.05) is 0 Å². The first-order valence-electron chi connectivity index (χ1n) is 9.37. The number of carbonyl (C=O) groups excluding carboxylic acids is 2. The molecule has 0 bridgehead atoms. The number of fused-ring (bicyclic) bond motifs is 3. The minimum absolute atomic E-state index is 0.182. The molecule has 1 saturated heterocycles. The van der Waals surface area contributed by atoms with E-state index in [4.69, 9.17) is 0 Å². The first-order chi connectivity index (χ1) is 12.7. The second-order valence-corrected chi connectivity index (χ2v) is 8.52. The third-order valence-electron chi connectivity index (χ3n) is 5.84. The van der Waals surface area contributed by atoms with Crippen molar-refractivity contribution in [1.29, 1.82) is 0 Å². The van der Waals surface area contributed by atoms with E-state index < -0.39 is 5.54 Å². The van der Waals surface area contributed by atoms with Crippen LogP contribution in [0.3, 0.4) is 0 Å². The fourth-order valence-electron chi connectivity index (χ4n) is 4.50. The molecule has 2 fully saturated rings. The number of urea groups is 1. The molecule has 1 aliphatic heterocycles. The van der Waals surface area contributed by atoms with Gasteiger partial charge in [0.15, 0.2) is 5.82 Å². The number of nitrogens with zero attached hydrogens (tertiary/aromatic N) is 3. The lowest BCUT2D eigenvalue weighted by atomic mass is 9.82. The van der Waals surface area contributed by atoms with Crippen molar-refractivity contribution in [2.45, 2.75) is 63.3 Å². The summed E-state index contributed by atoms with van der Waals surface area (Å²) < 4.78 is 0. The highest BCUT2D eigenvalue weighted by Gasteiger charge is 2.52. The van der Waals surface area contributed by atoms with Gasteiger partial charge in [-0.15, -0.1) is 11.3 Å². The second kappa shape index (κ2) is 5.90. The standard InChI is InChI=1S/C18H21N5O2S/c24-16-18(8-4-1-5-9-18)21-17(25)23(16)22-14-13-11-6-2-3-7-12(11)26-15(13)20-10-19-14/h10H,1-9H2,(H,21,25)(H,19,20,22). The normalized spacial score (nSPS) is 21.9. The van der Waals surface area contributed by atoms with Crippen molar-refractivity contribution in [3.8, 4) is 0 Å². The first kappa shape index (κ1) is 16.0. The van der Waals surface area contributed by atoms with Gasteiger partial charge in [0.25, 0.3) is 5.91 Å². The topological polar surface area (TPSA) is 87.2 Å². The van der Waals surface area contributed by atoms with Crippen LogP contribution in [0, 0.1) is 0 Å².